The van der Waals surface area contributed by atoms with E-state index >= 15 is 0 Å². The van der Waals surface area contributed by atoms with Crippen LogP contribution in [0, 0.1) is 0 Å². The Kier molecular flexibility index (Phi) is 4.30. The van der Waals surface area contributed by atoms with E-state index in [1.54, 1.807) is 11.5 Å². The molecule has 0 aliphatic rings. The van der Waals surface area contributed by atoms with E-state index in [-0.39, 0.29) is 15.6 Å². The van der Waals surface area contributed by atoms with Crippen LogP contribution in [0.25, 0.3) is 0 Å². The Labute approximate surface area is 106 Å². The van der Waals surface area contributed by atoms with E-state index in [2.05, 4.69) is 5.73 Å². The largest absolute Gasteiger partial charge is 0.361 e. The monoisotopic (exact) mass is 275 g/mol. The van der Waals surface area contributed by atoms with Crippen LogP contribution < -0.4 is 16.6 Å². The number of rotatable bonds is 1. The molecule has 0 aliphatic heterocycles. The number of carbonyl (C=O) groups excluding carboxylic acids is 3. The summed E-state index contributed by atoms with van der Waals surface area (Å²) in [5.74, 6) is -3.13. The molecule has 0 radical (unpaired) electrons. The summed E-state index contributed by atoms with van der Waals surface area (Å²) in [4.78, 5) is 32.7. The molecule has 1 aromatic carbocycles. The number of hydrogen-bond acceptors (Lipinski definition) is 3. The molecule has 0 heterocycles. The number of nitrogens with two attached hydrogens (primary N) is 1. The quantitative estimate of drug-likeness (QED) is 0.505. The van der Waals surface area contributed by atoms with Gasteiger partial charge in [0.1, 0.15) is 0 Å². The Hall–Kier alpha value is -1.79. The van der Waals surface area contributed by atoms with Gasteiger partial charge in [0.15, 0.2) is 0 Å². The molecule has 90 valence electrons. The molecule has 0 atom stereocenters. The first kappa shape index (κ1) is 13.3. The Morgan fingerprint density at radius 3 is 2.06 bits per heavy atom. The summed E-state index contributed by atoms with van der Waals surface area (Å²) in [6.45, 7) is 0. The van der Waals surface area contributed by atoms with Gasteiger partial charge in [-0.25, -0.2) is 0 Å². The standard InChI is InChI=1S/C9H7Cl2N3O3/c10-4-2-1-3-5(11)6(4)8(16)13-14-9(17)7(12)15/h1-3H,(H2,12,15)(H,13,16)(H,14,17). The van der Waals surface area contributed by atoms with Gasteiger partial charge in [0.25, 0.3) is 5.91 Å². The first-order chi connectivity index (χ1) is 7.93. The van der Waals surface area contributed by atoms with Gasteiger partial charge in [-0.3, -0.25) is 25.2 Å². The van der Waals surface area contributed by atoms with Crippen molar-refractivity contribution in [3.63, 3.8) is 0 Å². The summed E-state index contributed by atoms with van der Waals surface area (Å²) in [6.07, 6.45) is 0. The van der Waals surface area contributed by atoms with Crippen molar-refractivity contribution in [2.45, 2.75) is 0 Å². The van der Waals surface area contributed by atoms with Crippen LogP contribution in [-0.4, -0.2) is 17.7 Å². The predicted octanol–water partition coefficient (Wildman–Crippen LogP) is 0.240. The van der Waals surface area contributed by atoms with Gasteiger partial charge in [0.2, 0.25) is 0 Å². The fraction of sp³-hybridized carbons (Fsp3) is 0. The number of primary amides is 1. The molecule has 0 spiro atoms. The van der Waals surface area contributed by atoms with Crippen LogP contribution in [0.1, 0.15) is 10.4 Å². The highest BCUT2D eigenvalue weighted by molar-refractivity contribution is 6.40. The number of hydrogen-bond donors (Lipinski definition) is 3. The van der Waals surface area contributed by atoms with Crippen molar-refractivity contribution in [2.75, 3.05) is 0 Å². The highest BCUT2D eigenvalue weighted by Gasteiger charge is 2.16. The zero-order valence-electron chi connectivity index (χ0n) is 8.29. The van der Waals surface area contributed by atoms with Crippen molar-refractivity contribution in [1.82, 2.24) is 10.9 Å². The van der Waals surface area contributed by atoms with E-state index in [0.717, 1.165) is 0 Å². The summed E-state index contributed by atoms with van der Waals surface area (Å²) in [7, 11) is 0. The van der Waals surface area contributed by atoms with Crippen molar-refractivity contribution in [1.29, 1.82) is 0 Å². The number of nitrogens with one attached hydrogen (secondary N) is 2. The summed E-state index contributed by atoms with van der Waals surface area (Å²) >= 11 is 11.5. The van der Waals surface area contributed by atoms with Gasteiger partial charge < -0.3 is 5.73 Å². The van der Waals surface area contributed by atoms with E-state index < -0.39 is 17.7 Å². The Balaban J connectivity index is 2.78. The molecule has 0 unspecified atom stereocenters. The Morgan fingerprint density at radius 2 is 1.59 bits per heavy atom. The average Bonchev–Trinajstić information content (AvgIpc) is 2.25. The van der Waals surface area contributed by atoms with E-state index in [9.17, 15) is 14.4 Å². The second-order valence-corrected chi connectivity index (χ2v) is 3.68. The van der Waals surface area contributed by atoms with E-state index in [4.69, 9.17) is 23.2 Å². The predicted molar refractivity (Wildman–Crippen MR) is 61.3 cm³/mol. The molecule has 0 saturated heterocycles. The number of halogens is 2. The minimum atomic E-state index is -1.23. The normalized spacial score (nSPS) is 9.53. The third kappa shape index (κ3) is 3.33. The SMILES string of the molecule is NC(=O)C(=O)NNC(=O)c1c(Cl)cccc1Cl. The molecule has 4 N–H and O–H groups in total. The van der Waals surface area contributed by atoms with Gasteiger partial charge in [-0.05, 0) is 12.1 Å². The van der Waals surface area contributed by atoms with Gasteiger partial charge >= 0.3 is 11.8 Å². The third-order valence-corrected chi connectivity index (χ3v) is 2.33. The molecular formula is C9H7Cl2N3O3. The van der Waals surface area contributed by atoms with Crippen LogP contribution in [0.3, 0.4) is 0 Å². The van der Waals surface area contributed by atoms with Gasteiger partial charge in [-0.2, -0.15) is 0 Å². The van der Waals surface area contributed by atoms with Gasteiger partial charge in [0, 0.05) is 0 Å². The second kappa shape index (κ2) is 5.51. The van der Waals surface area contributed by atoms with Crippen LogP contribution in [0.4, 0.5) is 0 Å². The molecular weight excluding hydrogens is 269 g/mol. The van der Waals surface area contributed by atoms with Crippen molar-refractivity contribution < 1.29 is 14.4 Å². The topological polar surface area (TPSA) is 101 Å². The zero-order chi connectivity index (χ0) is 13.0. The molecule has 1 aromatic rings. The van der Waals surface area contributed by atoms with E-state index in [1.165, 1.54) is 12.1 Å². The molecule has 3 amide bonds. The minimum Gasteiger partial charge on any atom is -0.361 e. The summed E-state index contributed by atoms with van der Waals surface area (Å²) in [5.41, 5.74) is 8.41. The lowest BCUT2D eigenvalue weighted by molar-refractivity contribution is -0.137. The lowest BCUT2D eigenvalue weighted by Gasteiger charge is -2.08. The second-order valence-electron chi connectivity index (χ2n) is 2.87. The van der Waals surface area contributed by atoms with Crippen LogP contribution >= 0.6 is 23.2 Å². The van der Waals surface area contributed by atoms with Crippen LogP contribution in [0.5, 0.6) is 0 Å². The van der Waals surface area contributed by atoms with E-state index in [1.807, 2.05) is 5.43 Å². The summed E-state index contributed by atoms with van der Waals surface area (Å²) < 4.78 is 0. The highest BCUT2D eigenvalue weighted by Crippen LogP contribution is 2.23. The maximum atomic E-state index is 11.6. The van der Waals surface area contributed by atoms with Crippen LogP contribution in [-0.2, 0) is 9.59 Å². The molecule has 0 bridgehead atoms. The number of carbonyl (C=O) groups is 3. The summed E-state index contributed by atoms with van der Waals surface area (Å²) in [6, 6.07) is 4.47. The first-order valence-corrected chi connectivity index (χ1v) is 5.03. The first-order valence-electron chi connectivity index (χ1n) is 4.27. The molecule has 1 rings (SSSR count). The van der Waals surface area contributed by atoms with Crippen molar-refractivity contribution >= 4 is 40.9 Å². The molecule has 0 saturated carbocycles. The van der Waals surface area contributed by atoms with Gasteiger partial charge in [-0.1, -0.05) is 29.3 Å². The van der Waals surface area contributed by atoms with Crippen LogP contribution in [0.15, 0.2) is 18.2 Å². The third-order valence-electron chi connectivity index (χ3n) is 1.70. The molecule has 0 aromatic heterocycles. The van der Waals surface area contributed by atoms with Crippen molar-refractivity contribution in [3.8, 4) is 0 Å². The highest BCUT2D eigenvalue weighted by atomic mass is 35.5. The lowest BCUT2D eigenvalue weighted by atomic mass is 10.2. The molecule has 6 nitrogen and oxygen atoms in total. The molecule has 0 fully saturated rings. The number of hydrazine groups is 1. The number of amides is 3. The van der Waals surface area contributed by atoms with Crippen LogP contribution in [0.2, 0.25) is 10.0 Å². The Morgan fingerprint density at radius 1 is 1.06 bits per heavy atom. The molecule has 8 heteroatoms. The fourth-order valence-corrected chi connectivity index (χ4v) is 1.52. The smallest absolute Gasteiger partial charge is 0.327 e. The lowest BCUT2D eigenvalue weighted by Crippen LogP contribution is -2.47. The molecule has 0 aliphatic carbocycles. The fourth-order valence-electron chi connectivity index (χ4n) is 0.952. The maximum Gasteiger partial charge on any atom is 0.327 e. The van der Waals surface area contributed by atoms with Gasteiger partial charge in [-0.15, -0.1) is 0 Å². The van der Waals surface area contributed by atoms with Crippen molar-refractivity contribution in [3.05, 3.63) is 33.8 Å². The molecule has 17 heavy (non-hydrogen) atoms. The van der Waals surface area contributed by atoms with Gasteiger partial charge in [0.05, 0.1) is 15.6 Å². The number of benzene rings is 1. The van der Waals surface area contributed by atoms with E-state index in [0.29, 0.717) is 0 Å². The van der Waals surface area contributed by atoms with Crippen molar-refractivity contribution in [2.24, 2.45) is 5.73 Å². The average molecular weight is 276 g/mol. The minimum absolute atomic E-state index is 0.0133. The Bertz CT molecular complexity index is 470. The maximum absolute atomic E-state index is 11.6. The zero-order valence-corrected chi connectivity index (χ0v) is 9.80. The summed E-state index contributed by atoms with van der Waals surface area (Å²) in [5, 5.41) is 0.228.